The number of hydrogen-bond acceptors (Lipinski definition) is 4. The highest BCUT2D eigenvalue weighted by Gasteiger charge is 2.17. The number of hydrogen-bond donors (Lipinski definition) is 0. The first-order chi connectivity index (χ1) is 9.51. The van der Waals surface area contributed by atoms with Crippen LogP contribution in [0.15, 0.2) is 36.4 Å². The molecule has 0 heterocycles. The standard InChI is InChI=1S/C14H9FN2O3/c1-9-6-11(3-4-12(9)15)20-14-5-2-10(8-16)7-13(14)17(18)19/h2-7H,1H3. The van der Waals surface area contributed by atoms with Crippen LogP contribution in [0.25, 0.3) is 0 Å². The van der Waals surface area contributed by atoms with Crippen LogP contribution >= 0.6 is 0 Å². The molecule has 0 aliphatic rings. The number of benzene rings is 2. The van der Waals surface area contributed by atoms with Crippen molar-refractivity contribution < 1.29 is 14.1 Å². The molecule has 0 saturated heterocycles. The first-order valence-corrected chi connectivity index (χ1v) is 5.64. The molecule has 0 fully saturated rings. The number of nitro groups is 1. The van der Waals surface area contributed by atoms with Gasteiger partial charge in [0.15, 0.2) is 0 Å². The molecule has 0 aliphatic carbocycles. The van der Waals surface area contributed by atoms with E-state index in [0.717, 1.165) is 6.07 Å². The number of rotatable bonds is 3. The van der Waals surface area contributed by atoms with E-state index in [1.165, 1.54) is 30.3 Å². The predicted molar refractivity (Wildman–Crippen MR) is 69.0 cm³/mol. The third-order valence-electron chi connectivity index (χ3n) is 2.64. The molecule has 0 atom stereocenters. The Kier molecular flexibility index (Phi) is 3.62. The fourth-order valence-electron chi connectivity index (χ4n) is 1.62. The number of nitriles is 1. The van der Waals surface area contributed by atoms with E-state index in [1.807, 2.05) is 6.07 Å². The third-order valence-corrected chi connectivity index (χ3v) is 2.64. The second-order valence-corrected chi connectivity index (χ2v) is 4.06. The SMILES string of the molecule is Cc1cc(Oc2ccc(C#N)cc2[N+](=O)[O-])ccc1F. The Morgan fingerprint density at radius 2 is 2.05 bits per heavy atom. The van der Waals surface area contributed by atoms with Crippen LogP contribution < -0.4 is 4.74 Å². The van der Waals surface area contributed by atoms with Crippen LogP contribution in [0.4, 0.5) is 10.1 Å². The maximum absolute atomic E-state index is 13.1. The molecule has 0 spiro atoms. The summed E-state index contributed by atoms with van der Waals surface area (Å²) in [5.74, 6) is -0.0941. The lowest BCUT2D eigenvalue weighted by Gasteiger charge is -2.07. The van der Waals surface area contributed by atoms with Crippen LogP contribution in [-0.4, -0.2) is 4.92 Å². The fraction of sp³-hybridized carbons (Fsp3) is 0.0714. The Morgan fingerprint density at radius 1 is 1.30 bits per heavy atom. The van der Waals surface area contributed by atoms with E-state index in [9.17, 15) is 14.5 Å². The van der Waals surface area contributed by atoms with Gasteiger partial charge in [-0.3, -0.25) is 10.1 Å². The minimum absolute atomic E-state index is 0.00000756. The molecule has 6 heteroatoms. The summed E-state index contributed by atoms with van der Waals surface area (Å²) >= 11 is 0. The van der Waals surface area contributed by atoms with E-state index in [2.05, 4.69) is 0 Å². The smallest absolute Gasteiger partial charge is 0.312 e. The minimum atomic E-state index is -0.632. The maximum atomic E-state index is 13.1. The van der Waals surface area contributed by atoms with Gasteiger partial charge in [0.25, 0.3) is 0 Å². The molecule has 0 unspecified atom stereocenters. The highest BCUT2D eigenvalue weighted by Crippen LogP contribution is 2.32. The normalized spacial score (nSPS) is 9.85. The molecule has 2 aromatic rings. The zero-order valence-electron chi connectivity index (χ0n) is 10.5. The van der Waals surface area contributed by atoms with Crippen LogP contribution in [0.3, 0.4) is 0 Å². The average molecular weight is 272 g/mol. The zero-order chi connectivity index (χ0) is 14.7. The lowest BCUT2D eigenvalue weighted by Crippen LogP contribution is -1.95. The monoisotopic (exact) mass is 272 g/mol. The van der Waals surface area contributed by atoms with Crippen LogP contribution in [0.1, 0.15) is 11.1 Å². The fourth-order valence-corrected chi connectivity index (χ4v) is 1.62. The number of nitrogens with zero attached hydrogens (tertiary/aromatic N) is 2. The second kappa shape index (κ2) is 5.36. The summed E-state index contributed by atoms with van der Waals surface area (Å²) in [6.07, 6.45) is 0. The largest absolute Gasteiger partial charge is 0.450 e. The average Bonchev–Trinajstić information content (AvgIpc) is 2.43. The van der Waals surface area contributed by atoms with Gasteiger partial charge < -0.3 is 4.74 Å². The Labute approximate surface area is 114 Å². The van der Waals surface area contributed by atoms with Gasteiger partial charge in [-0.15, -0.1) is 0 Å². The van der Waals surface area contributed by atoms with E-state index >= 15 is 0 Å². The Hall–Kier alpha value is -2.94. The van der Waals surface area contributed by atoms with Crippen molar-refractivity contribution >= 4 is 5.69 Å². The van der Waals surface area contributed by atoms with E-state index in [1.54, 1.807) is 6.92 Å². The molecule has 0 radical (unpaired) electrons. The van der Waals surface area contributed by atoms with Gasteiger partial charge in [0.1, 0.15) is 11.6 Å². The molecule has 20 heavy (non-hydrogen) atoms. The third kappa shape index (κ3) is 2.72. The molecular weight excluding hydrogens is 263 g/mol. The van der Waals surface area contributed by atoms with Gasteiger partial charge in [-0.05, 0) is 42.8 Å². The number of nitro benzene ring substituents is 1. The highest BCUT2D eigenvalue weighted by molar-refractivity contribution is 5.53. The lowest BCUT2D eigenvalue weighted by atomic mass is 10.2. The molecular formula is C14H9FN2O3. The summed E-state index contributed by atoms with van der Waals surface area (Å²) in [4.78, 5) is 10.3. The van der Waals surface area contributed by atoms with Crippen molar-refractivity contribution in [2.75, 3.05) is 0 Å². The van der Waals surface area contributed by atoms with Gasteiger partial charge in [-0.2, -0.15) is 5.26 Å². The molecule has 0 saturated carbocycles. The van der Waals surface area contributed by atoms with Gasteiger partial charge in [0.05, 0.1) is 16.6 Å². The first-order valence-electron chi connectivity index (χ1n) is 5.64. The molecule has 100 valence electrons. The van der Waals surface area contributed by atoms with Crippen molar-refractivity contribution in [1.29, 1.82) is 5.26 Å². The minimum Gasteiger partial charge on any atom is -0.450 e. The van der Waals surface area contributed by atoms with Crippen LogP contribution in [-0.2, 0) is 0 Å². The molecule has 2 rings (SSSR count). The topological polar surface area (TPSA) is 76.2 Å². The molecule has 0 N–H and O–H groups in total. The molecule has 0 amide bonds. The maximum Gasteiger partial charge on any atom is 0.312 e. The second-order valence-electron chi connectivity index (χ2n) is 4.06. The van der Waals surface area contributed by atoms with E-state index < -0.39 is 4.92 Å². The molecule has 0 aliphatic heterocycles. The molecule has 5 nitrogen and oxygen atoms in total. The summed E-state index contributed by atoms with van der Waals surface area (Å²) in [6.45, 7) is 1.56. The van der Waals surface area contributed by atoms with Gasteiger partial charge in [0, 0.05) is 6.07 Å². The molecule has 2 aromatic carbocycles. The first kappa shape index (κ1) is 13.5. The summed E-state index contributed by atoms with van der Waals surface area (Å²) in [5.41, 5.74) is 0.226. The van der Waals surface area contributed by atoms with Crippen molar-refractivity contribution in [3.05, 3.63) is 63.5 Å². The number of aryl methyl sites for hydroxylation is 1. The number of ether oxygens (including phenoxy) is 1. The van der Waals surface area contributed by atoms with E-state index in [0.29, 0.717) is 5.56 Å². The Morgan fingerprint density at radius 3 is 2.65 bits per heavy atom. The van der Waals surface area contributed by atoms with Crippen molar-refractivity contribution in [3.63, 3.8) is 0 Å². The van der Waals surface area contributed by atoms with Crippen molar-refractivity contribution in [1.82, 2.24) is 0 Å². The van der Waals surface area contributed by atoms with Crippen molar-refractivity contribution in [2.24, 2.45) is 0 Å². The van der Waals surface area contributed by atoms with Gasteiger partial charge in [-0.1, -0.05) is 0 Å². The van der Waals surface area contributed by atoms with Crippen LogP contribution in [0.5, 0.6) is 11.5 Å². The van der Waals surface area contributed by atoms with Crippen LogP contribution in [0, 0.1) is 34.2 Å². The zero-order valence-corrected chi connectivity index (χ0v) is 10.5. The number of halogens is 1. The van der Waals surface area contributed by atoms with E-state index in [-0.39, 0.29) is 28.6 Å². The summed E-state index contributed by atoms with van der Waals surface area (Å²) in [7, 11) is 0. The van der Waals surface area contributed by atoms with Gasteiger partial charge in [-0.25, -0.2) is 4.39 Å². The summed E-state index contributed by atoms with van der Waals surface area (Å²) in [6, 6.07) is 9.75. The quantitative estimate of drug-likeness (QED) is 0.630. The predicted octanol–water partition coefficient (Wildman–Crippen LogP) is 3.71. The van der Waals surface area contributed by atoms with Gasteiger partial charge in [0.2, 0.25) is 5.75 Å². The lowest BCUT2D eigenvalue weighted by molar-refractivity contribution is -0.385. The Bertz CT molecular complexity index is 723. The van der Waals surface area contributed by atoms with Crippen molar-refractivity contribution in [3.8, 4) is 17.6 Å². The van der Waals surface area contributed by atoms with Crippen LogP contribution in [0.2, 0.25) is 0 Å². The summed E-state index contributed by atoms with van der Waals surface area (Å²) in [5, 5.41) is 19.7. The van der Waals surface area contributed by atoms with Crippen molar-refractivity contribution in [2.45, 2.75) is 6.92 Å². The highest BCUT2D eigenvalue weighted by atomic mass is 19.1. The van der Waals surface area contributed by atoms with E-state index in [4.69, 9.17) is 10.00 Å². The Balaban J connectivity index is 2.40. The molecule has 0 aromatic heterocycles. The van der Waals surface area contributed by atoms with Gasteiger partial charge >= 0.3 is 5.69 Å². The molecule has 0 bridgehead atoms. The summed E-state index contributed by atoms with van der Waals surface area (Å²) < 4.78 is 18.5.